The largest absolute Gasteiger partial charge is 0.478 e. The van der Waals surface area contributed by atoms with Crippen LogP contribution in [-0.2, 0) is 0 Å². The Bertz CT molecular complexity index is 481. The maximum absolute atomic E-state index is 11.1. The smallest absolute Gasteiger partial charge is 0.336 e. The molecule has 0 aliphatic carbocycles. The van der Waals surface area contributed by atoms with E-state index in [1.54, 1.807) is 17.8 Å². The van der Waals surface area contributed by atoms with E-state index in [-0.39, 0.29) is 0 Å². The van der Waals surface area contributed by atoms with Crippen molar-refractivity contribution in [3.05, 3.63) is 28.2 Å². The number of nitrogens with zero attached hydrogens (tertiary/aromatic N) is 1. The van der Waals surface area contributed by atoms with Crippen molar-refractivity contribution in [2.45, 2.75) is 36.6 Å². The highest BCUT2D eigenvalue weighted by Crippen LogP contribution is 2.27. The lowest BCUT2D eigenvalue weighted by Gasteiger charge is -2.32. The third kappa shape index (κ3) is 4.24. The number of rotatable bonds is 5. The van der Waals surface area contributed by atoms with Gasteiger partial charge in [0.15, 0.2) is 0 Å². The first-order valence-corrected chi connectivity index (χ1v) is 8.71. The van der Waals surface area contributed by atoms with Gasteiger partial charge in [-0.2, -0.15) is 0 Å². The second-order valence-corrected chi connectivity index (χ2v) is 7.24. The number of hydrogen-bond donors (Lipinski definition) is 1. The fourth-order valence-electron chi connectivity index (χ4n) is 2.58. The van der Waals surface area contributed by atoms with Crippen LogP contribution in [0.3, 0.4) is 0 Å². The second kappa shape index (κ2) is 7.48. The molecule has 20 heavy (non-hydrogen) atoms. The van der Waals surface area contributed by atoms with E-state index in [1.807, 2.05) is 12.1 Å². The molecule has 0 saturated carbocycles. The van der Waals surface area contributed by atoms with Gasteiger partial charge in [0.25, 0.3) is 0 Å². The van der Waals surface area contributed by atoms with E-state index in [0.29, 0.717) is 16.1 Å². The standard InChI is InChI=1S/C15H20BrNO2S/c1-17-8-3-2-4-11(17)7-9-20-12-5-6-14(16)13(10-12)15(18)19/h5-6,10-11H,2-4,7-9H2,1H3,(H,18,19). The lowest BCUT2D eigenvalue weighted by molar-refractivity contribution is 0.0695. The van der Waals surface area contributed by atoms with Gasteiger partial charge >= 0.3 is 5.97 Å². The third-order valence-corrected chi connectivity index (χ3v) is 5.53. The summed E-state index contributed by atoms with van der Waals surface area (Å²) in [6, 6.07) is 6.23. The SMILES string of the molecule is CN1CCCCC1CCSc1ccc(Br)c(C(=O)O)c1. The van der Waals surface area contributed by atoms with E-state index >= 15 is 0 Å². The maximum atomic E-state index is 11.1. The molecular formula is C15H20BrNO2S. The Kier molecular flexibility index (Phi) is 5.93. The summed E-state index contributed by atoms with van der Waals surface area (Å²) in [6.45, 7) is 1.21. The maximum Gasteiger partial charge on any atom is 0.336 e. The Balaban J connectivity index is 1.87. The van der Waals surface area contributed by atoms with Crippen LogP contribution in [0.1, 0.15) is 36.0 Å². The highest BCUT2D eigenvalue weighted by molar-refractivity contribution is 9.10. The molecule has 5 heteroatoms. The molecule has 1 fully saturated rings. The lowest BCUT2D eigenvalue weighted by atomic mass is 10.0. The highest BCUT2D eigenvalue weighted by Gasteiger charge is 2.18. The molecule has 0 bridgehead atoms. The summed E-state index contributed by atoms with van der Waals surface area (Å²) in [4.78, 5) is 14.6. The number of benzene rings is 1. The van der Waals surface area contributed by atoms with E-state index in [1.165, 1.54) is 32.2 Å². The normalized spacial score (nSPS) is 20.0. The van der Waals surface area contributed by atoms with Gasteiger partial charge in [-0.15, -0.1) is 11.8 Å². The number of halogens is 1. The quantitative estimate of drug-likeness (QED) is 0.804. The molecule has 0 aromatic heterocycles. The third-order valence-electron chi connectivity index (χ3n) is 3.81. The van der Waals surface area contributed by atoms with Crippen LogP contribution in [-0.4, -0.2) is 41.4 Å². The minimum absolute atomic E-state index is 0.338. The van der Waals surface area contributed by atoms with E-state index in [0.717, 1.165) is 10.6 Å². The van der Waals surface area contributed by atoms with E-state index in [2.05, 4.69) is 27.9 Å². The van der Waals surface area contributed by atoms with Crippen LogP contribution in [0.4, 0.5) is 0 Å². The molecule has 2 rings (SSSR count). The number of hydrogen-bond acceptors (Lipinski definition) is 3. The molecule has 1 aliphatic rings. The van der Waals surface area contributed by atoms with Gasteiger partial charge in [0, 0.05) is 15.4 Å². The predicted molar refractivity (Wildman–Crippen MR) is 86.7 cm³/mol. The Morgan fingerprint density at radius 1 is 1.50 bits per heavy atom. The molecule has 1 atom stereocenters. The van der Waals surface area contributed by atoms with Crippen molar-refractivity contribution in [2.24, 2.45) is 0 Å². The van der Waals surface area contributed by atoms with Crippen LogP contribution < -0.4 is 0 Å². The highest BCUT2D eigenvalue weighted by atomic mass is 79.9. The molecule has 1 unspecified atom stereocenters. The van der Waals surface area contributed by atoms with Crippen LogP contribution in [0.15, 0.2) is 27.6 Å². The first-order chi connectivity index (χ1) is 9.58. The summed E-state index contributed by atoms with van der Waals surface area (Å²) in [5, 5.41) is 9.11. The summed E-state index contributed by atoms with van der Waals surface area (Å²) in [7, 11) is 2.21. The summed E-state index contributed by atoms with van der Waals surface area (Å²) in [5.74, 6) is 0.154. The summed E-state index contributed by atoms with van der Waals surface area (Å²) < 4.78 is 0.640. The average molecular weight is 358 g/mol. The van der Waals surface area contributed by atoms with Gasteiger partial charge in [0.05, 0.1) is 5.56 Å². The zero-order valence-corrected chi connectivity index (χ0v) is 14.0. The van der Waals surface area contributed by atoms with Gasteiger partial charge in [0.1, 0.15) is 0 Å². The molecule has 3 nitrogen and oxygen atoms in total. The van der Waals surface area contributed by atoms with Crippen molar-refractivity contribution in [1.29, 1.82) is 0 Å². The van der Waals surface area contributed by atoms with Crippen molar-refractivity contribution in [3.8, 4) is 0 Å². The van der Waals surface area contributed by atoms with Crippen molar-refractivity contribution >= 4 is 33.7 Å². The van der Waals surface area contributed by atoms with Crippen molar-refractivity contribution in [1.82, 2.24) is 4.90 Å². The fraction of sp³-hybridized carbons (Fsp3) is 0.533. The van der Waals surface area contributed by atoms with Crippen LogP contribution in [0.5, 0.6) is 0 Å². The fourth-order valence-corrected chi connectivity index (χ4v) is 3.99. The van der Waals surface area contributed by atoms with Crippen molar-refractivity contribution in [2.75, 3.05) is 19.3 Å². The van der Waals surface area contributed by atoms with Crippen molar-refractivity contribution < 1.29 is 9.90 Å². The molecular weight excluding hydrogens is 338 g/mol. The predicted octanol–water partition coefficient (Wildman–Crippen LogP) is 4.11. The zero-order valence-electron chi connectivity index (χ0n) is 11.6. The van der Waals surface area contributed by atoms with Gasteiger partial charge in [0.2, 0.25) is 0 Å². The van der Waals surface area contributed by atoms with Crippen LogP contribution >= 0.6 is 27.7 Å². The summed E-state index contributed by atoms with van der Waals surface area (Å²) in [6.07, 6.45) is 5.10. The lowest BCUT2D eigenvalue weighted by Crippen LogP contribution is -2.36. The Hall–Kier alpha value is -0.520. The first kappa shape index (κ1) is 15.9. The molecule has 1 heterocycles. The molecule has 1 N–H and O–H groups in total. The van der Waals surface area contributed by atoms with Gasteiger partial charge in [-0.05, 0) is 72.7 Å². The second-order valence-electron chi connectivity index (χ2n) is 5.21. The number of carbonyl (C=O) groups is 1. The number of piperidine rings is 1. The van der Waals surface area contributed by atoms with Gasteiger partial charge in [-0.3, -0.25) is 0 Å². The number of likely N-dealkylation sites (tertiary alicyclic amines) is 1. The number of carboxylic acids is 1. The zero-order chi connectivity index (χ0) is 14.5. The monoisotopic (exact) mass is 357 g/mol. The minimum Gasteiger partial charge on any atom is -0.478 e. The average Bonchev–Trinajstić information content (AvgIpc) is 2.42. The molecule has 0 spiro atoms. The van der Waals surface area contributed by atoms with E-state index in [4.69, 9.17) is 5.11 Å². The molecule has 1 saturated heterocycles. The summed E-state index contributed by atoms with van der Waals surface area (Å²) >= 11 is 5.02. The first-order valence-electron chi connectivity index (χ1n) is 6.94. The Morgan fingerprint density at radius 2 is 2.30 bits per heavy atom. The minimum atomic E-state index is -0.883. The molecule has 0 amide bonds. The Morgan fingerprint density at radius 3 is 3.00 bits per heavy atom. The molecule has 1 aromatic rings. The van der Waals surface area contributed by atoms with Crippen molar-refractivity contribution in [3.63, 3.8) is 0 Å². The number of carboxylic acid groups (broad SMARTS) is 1. The molecule has 0 radical (unpaired) electrons. The van der Waals surface area contributed by atoms with E-state index < -0.39 is 5.97 Å². The van der Waals surface area contributed by atoms with Crippen LogP contribution in [0.25, 0.3) is 0 Å². The Labute approximate surface area is 132 Å². The van der Waals surface area contributed by atoms with Gasteiger partial charge in [-0.25, -0.2) is 4.79 Å². The number of aromatic carboxylic acids is 1. The molecule has 1 aromatic carbocycles. The summed E-state index contributed by atoms with van der Waals surface area (Å²) in [5.41, 5.74) is 0.338. The van der Waals surface area contributed by atoms with Gasteiger partial charge < -0.3 is 10.0 Å². The van der Waals surface area contributed by atoms with E-state index in [9.17, 15) is 4.79 Å². The molecule has 110 valence electrons. The molecule has 1 aliphatic heterocycles. The van der Waals surface area contributed by atoms with Crippen LogP contribution in [0.2, 0.25) is 0 Å². The van der Waals surface area contributed by atoms with Crippen LogP contribution in [0, 0.1) is 0 Å². The number of thioether (sulfide) groups is 1. The topological polar surface area (TPSA) is 40.5 Å². The van der Waals surface area contributed by atoms with Gasteiger partial charge in [-0.1, -0.05) is 6.42 Å².